The second-order valence-electron chi connectivity index (χ2n) is 5.21. The number of hydrogen-bond acceptors (Lipinski definition) is 3. The van der Waals surface area contributed by atoms with E-state index >= 15 is 0 Å². The first-order valence-corrected chi connectivity index (χ1v) is 7.23. The number of benzene rings is 1. The van der Waals surface area contributed by atoms with Crippen molar-refractivity contribution in [2.24, 2.45) is 0 Å². The zero-order chi connectivity index (χ0) is 13.7. The molecule has 0 aromatic heterocycles. The highest BCUT2D eigenvalue weighted by molar-refractivity contribution is 5.68. The zero-order valence-corrected chi connectivity index (χ0v) is 11.7. The van der Waals surface area contributed by atoms with Crippen LogP contribution in [0.25, 0.3) is 0 Å². The molecule has 0 aliphatic carbocycles. The van der Waals surface area contributed by atoms with Crippen molar-refractivity contribution in [2.45, 2.75) is 26.2 Å². The number of unbranched alkanes of at least 4 members (excludes halogenated alkanes) is 2. The fourth-order valence-electron chi connectivity index (χ4n) is 2.60. The van der Waals surface area contributed by atoms with Crippen LogP contribution in [0.1, 0.15) is 26.2 Å². The van der Waals surface area contributed by atoms with Crippen LogP contribution < -0.4 is 10.6 Å². The van der Waals surface area contributed by atoms with Crippen LogP contribution in [0.4, 0.5) is 15.8 Å². The Kier molecular flexibility index (Phi) is 5.02. The molecule has 19 heavy (non-hydrogen) atoms. The molecule has 106 valence electrons. The van der Waals surface area contributed by atoms with Gasteiger partial charge in [-0.25, -0.2) is 4.39 Å². The summed E-state index contributed by atoms with van der Waals surface area (Å²) in [6, 6.07) is 5.06. The van der Waals surface area contributed by atoms with Crippen LogP contribution in [0.2, 0.25) is 0 Å². The molecular weight excluding hydrogens is 241 g/mol. The number of piperazine rings is 1. The van der Waals surface area contributed by atoms with Crippen LogP contribution in [0.5, 0.6) is 0 Å². The van der Waals surface area contributed by atoms with Gasteiger partial charge in [0.25, 0.3) is 0 Å². The minimum Gasteiger partial charge on any atom is -0.395 e. The predicted molar refractivity (Wildman–Crippen MR) is 79.0 cm³/mol. The maximum atomic E-state index is 13.5. The minimum atomic E-state index is -0.317. The van der Waals surface area contributed by atoms with E-state index in [0.717, 1.165) is 31.9 Å². The molecule has 1 aromatic rings. The van der Waals surface area contributed by atoms with E-state index in [-0.39, 0.29) is 11.5 Å². The topological polar surface area (TPSA) is 32.5 Å². The van der Waals surface area contributed by atoms with Crippen molar-refractivity contribution in [3.05, 3.63) is 24.0 Å². The Bertz CT molecular complexity index is 400. The SMILES string of the molecule is CCCCCN1CCN(c2cccc(F)c2N)CC1. The van der Waals surface area contributed by atoms with Crippen molar-refractivity contribution in [2.75, 3.05) is 43.4 Å². The third-order valence-electron chi connectivity index (χ3n) is 3.82. The van der Waals surface area contributed by atoms with E-state index in [2.05, 4.69) is 16.7 Å². The van der Waals surface area contributed by atoms with Crippen LogP contribution in [-0.2, 0) is 0 Å². The summed E-state index contributed by atoms with van der Waals surface area (Å²) in [4.78, 5) is 4.68. The Balaban J connectivity index is 1.87. The van der Waals surface area contributed by atoms with Gasteiger partial charge in [0.05, 0.1) is 11.4 Å². The molecule has 1 aliphatic rings. The third kappa shape index (κ3) is 3.60. The normalized spacial score (nSPS) is 16.8. The van der Waals surface area contributed by atoms with Gasteiger partial charge >= 0.3 is 0 Å². The highest BCUT2D eigenvalue weighted by Crippen LogP contribution is 2.26. The first-order valence-electron chi connectivity index (χ1n) is 7.23. The lowest BCUT2D eigenvalue weighted by Gasteiger charge is -2.36. The molecule has 0 saturated carbocycles. The number of halogens is 1. The van der Waals surface area contributed by atoms with Gasteiger partial charge < -0.3 is 10.6 Å². The molecule has 0 radical (unpaired) electrons. The Morgan fingerprint density at radius 1 is 1.16 bits per heavy atom. The Morgan fingerprint density at radius 3 is 2.58 bits per heavy atom. The van der Waals surface area contributed by atoms with Crippen molar-refractivity contribution in [3.8, 4) is 0 Å². The molecular formula is C15H24FN3. The van der Waals surface area contributed by atoms with Crippen LogP contribution in [0, 0.1) is 5.82 Å². The second-order valence-corrected chi connectivity index (χ2v) is 5.21. The molecule has 2 rings (SSSR count). The molecule has 0 atom stereocenters. The molecule has 4 heteroatoms. The first-order chi connectivity index (χ1) is 9.22. The Morgan fingerprint density at radius 2 is 1.89 bits per heavy atom. The van der Waals surface area contributed by atoms with Crippen LogP contribution >= 0.6 is 0 Å². The van der Waals surface area contributed by atoms with E-state index in [9.17, 15) is 4.39 Å². The molecule has 1 heterocycles. The molecule has 1 saturated heterocycles. The molecule has 1 fully saturated rings. The van der Waals surface area contributed by atoms with E-state index in [1.54, 1.807) is 6.07 Å². The first kappa shape index (κ1) is 14.1. The zero-order valence-electron chi connectivity index (χ0n) is 11.7. The van der Waals surface area contributed by atoms with Crippen LogP contribution in [0.3, 0.4) is 0 Å². The van der Waals surface area contributed by atoms with E-state index in [1.807, 2.05) is 6.07 Å². The maximum Gasteiger partial charge on any atom is 0.148 e. The quantitative estimate of drug-likeness (QED) is 0.656. The maximum absolute atomic E-state index is 13.5. The molecule has 2 N–H and O–H groups in total. The Labute approximate surface area is 115 Å². The van der Waals surface area contributed by atoms with Gasteiger partial charge in [0, 0.05) is 26.2 Å². The number of nitrogens with two attached hydrogens (primary N) is 1. The lowest BCUT2D eigenvalue weighted by Crippen LogP contribution is -2.46. The van der Waals surface area contributed by atoms with Crippen molar-refractivity contribution in [1.29, 1.82) is 0 Å². The average Bonchev–Trinajstić information content (AvgIpc) is 2.43. The number of hydrogen-bond donors (Lipinski definition) is 1. The monoisotopic (exact) mass is 265 g/mol. The Hall–Kier alpha value is -1.29. The number of nitrogens with zero attached hydrogens (tertiary/aromatic N) is 2. The predicted octanol–water partition coefficient (Wildman–Crippen LogP) is 2.72. The minimum absolute atomic E-state index is 0.280. The summed E-state index contributed by atoms with van der Waals surface area (Å²) in [5.74, 6) is -0.317. The lowest BCUT2D eigenvalue weighted by atomic mass is 10.2. The van der Waals surface area contributed by atoms with Gasteiger partial charge in [0.15, 0.2) is 0 Å². The molecule has 3 nitrogen and oxygen atoms in total. The lowest BCUT2D eigenvalue weighted by molar-refractivity contribution is 0.253. The summed E-state index contributed by atoms with van der Waals surface area (Å²) < 4.78 is 13.5. The van der Waals surface area contributed by atoms with Crippen LogP contribution in [0.15, 0.2) is 18.2 Å². The third-order valence-corrected chi connectivity index (χ3v) is 3.82. The van der Waals surface area contributed by atoms with Crippen molar-refractivity contribution >= 4 is 11.4 Å². The molecule has 1 aromatic carbocycles. The molecule has 0 spiro atoms. The van der Waals surface area contributed by atoms with E-state index in [0.29, 0.717) is 0 Å². The van der Waals surface area contributed by atoms with Gasteiger partial charge in [-0.1, -0.05) is 25.8 Å². The van der Waals surface area contributed by atoms with E-state index in [1.165, 1.54) is 31.9 Å². The van der Waals surface area contributed by atoms with E-state index < -0.39 is 0 Å². The number of rotatable bonds is 5. The molecule has 0 unspecified atom stereocenters. The summed E-state index contributed by atoms with van der Waals surface area (Å²) >= 11 is 0. The fourth-order valence-corrected chi connectivity index (χ4v) is 2.60. The number of para-hydroxylation sites is 1. The summed E-state index contributed by atoms with van der Waals surface area (Å²) in [7, 11) is 0. The van der Waals surface area contributed by atoms with Gasteiger partial charge in [-0.05, 0) is 25.1 Å². The molecule has 0 amide bonds. The average molecular weight is 265 g/mol. The second kappa shape index (κ2) is 6.75. The molecule has 0 bridgehead atoms. The summed E-state index contributed by atoms with van der Waals surface area (Å²) in [5, 5.41) is 0. The van der Waals surface area contributed by atoms with Gasteiger partial charge in [-0.15, -0.1) is 0 Å². The summed E-state index contributed by atoms with van der Waals surface area (Å²) in [6.45, 7) is 7.35. The number of anilines is 2. The standard InChI is InChI=1S/C15H24FN3/c1-2-3-4-8-18-9-11-19(12-10-18)14-7-5-6-13(16)15(14)17/h5-7H,2-4,8-12,17H2,1H3. The van der Waals surface area contributed by atoms with Crippen molar-refractivity contribution in [1.82, 2.24) is 4.90 Å². The van der Waals surface area contributed by atoms with E-state index in [4.69, 9.17) is 5.73 Å². The van der Waals surface area contributed by atoms with Gasteiger partial charge in [-0.2, -0.15) is 0 Å². The van der Waals surface area contributed by atoms with Gasteiger partial charge in [0.2, 0.25) is 0 Å². The smallest absolute Gasteiger partial charge is 0.148 e. The van der Waals surface area contributed by atoms with Gasteiger partial charge in [-0.3, -0.25) is 4.90 Å². The highest BCUT2D eigenvalue weighted by Gasteiger charge is 2.19. The summed E-state index contributed by atoms with van der Waals surface area (Å²) in [6.07, 6.45) is 3.84. The summed E-state index contributed by atoms with van der Waals surface area (Å²) in [5.41, 5.74) is 6.94. The largest absolute Gasteiger partial charge is 0.395 e. The molecule has 1 aliphatic heterocycles. The fraction of sp³-hybridized carbons (Fsp3) is 0.600. The van der Waals surface area contributed by atoms with Crippen molar-refractivity contribution < 1.29 is 4.39 Å². The van der Waals surface area contributed by atoms with Gasteiger partial charge in [0.1, 0.15) is 5.82 Å². The van der Waals surface area contributed by atoms with Crippen molar-refractivity contribution in [3.63, 3.8) is 0 Å². The van der Waals surface area contributed by atoms with Crippen LogP contribution in [-0.4, -0.2) is 37.6 Å². The number of nitrogen functional groups attached to an aromatic ring is 1. The highest BCUT2D eigenvalue weighted by atomic mass is 19.1.